The quantitative estimate of drug-likeness (QED) is 0.913. The first kappa shape index (κ1) is 15.6. The average molecular weight is 362 g/mol. The summed E-state index contributed by atoms with van der Waals surface area (Å²) in [5.74, 6) is -0.0171. The van der Waals surface area contributed by atoms with E-state index in [1.54, 1.807) is 11.0 Å². The minimum absolute atomic E-state index is 0.217. The predicted molar refractivity (Wildman–Crippen MR) is 92.9 cm³/mol. The number of rotatable bonds is 3. The second kappa shape index (κ2) is 5.57. The Morgan fingerprint density at radius 1 is 1.42 bits per heavy atom. The van der Waals surface area contributed by atoms with Crippen LogP contribution >= 0.6 is 22.9 Å². The second-order valence-corrected chi connectivity index (χ2v) is 8.02. The summed E-state index contributed by atoms with van der Waals surface area (Å²) >= 11 is 7.53. The topological polar surface area (TPSA) is 76.3 Å². The predicted octanol–water partition coefficient (Wildman–Crippen LogP) is 2.72. The van der Waals surface area contributed by atoms with Crippen LogP contribution in [0.15, 0.2) is 24.3 Å². The zero-order valence-corrected chi connectivity index (χ0v) is 14.6. The van der Waals surface area contributed by atoms with Gasteiger partial charge in [-0.15, -0.1) is 11.3 Å². The molecule has 0 spiro atoms. The third-order valence-electron chi connectivity index (χ3n) is 4.73. The van der Waals surface area contributed by atoms with Crippen LogP contribution in [0.25, 0.3) is 10.4 Å². The Balaban J connectivity index is 1.72. The number of nitrogens with zero attached hydrogens (tertiary/aromatic N) is 2. The minimum atomic E-state index is -0.503. The number of amides is 2. The van der Waals surface area contributed by atoms with Crippen LogP contribution in [0.3, 0.4) is 0 Å². The molecule has 1 aromatic carbocycles. The summed E-state index contributed by atoms with van der Waals surface area (Å²) in [5.41, 5.74) is 6.77. The number of benzene rings is 1. The lowest BCUT2D eigenvalue weighted by Crippen LogP contribution is -2.46. The van der Waals surface area contributed by atoms with Crippen molar-refractivity contribution in [2.24, 2.45) is 17.6 Å². The van der Waals surface area contributed by atoms with Gasteiger partial charge in [0.15, 0.2) is 0 Å². The fourth-order valence-corrected chi connectivity index (χ4v) is 4.67. The molecule has 0 bridgehead atoms. The van der Waals surface area contributed by atoms with Gasteiger partial charge in [-0.1, -0.05) is 23.7 Å². The summed E-state index contributed by atoms with van der Waals surface area (Å²) < 4.78 is 0. The first-order chi connectivity index (χ1) is 11.5. The fourth-order valence-electron chi connectivity index (χ4n) is 3.57. The third kappa shape index (κ3) is 2.50. The molecule has 1 aliphatic heterocycles. The van der Waals surface area contributed by atoms with Gasteiger partial charge >= 0.3 is 0 Å². The van der Waals surface area contributed by atoms with Crippen LogP contribution in [-0.4, -0.2) is 34.3 Å². The number of halogens is 1. The van der Waals surface area contributed by atoms with Crippen molar-refractivity contribution >= 4 is 34.8 Å². The third-order valence-corrected chi connectivity index (χ3v) is 5.98. The molecule has 24 heavy (non-hydrogen) atoms. The van der Waals surface area contributed by atoms with Gasteiger partial charge in [-0.25, -0.2) is 4.98 Å². The minimum Gasteiger partial charge on any atom is -0.368 e. The standard InChI is InChI=1S/C17H16ClN3O2S/c1-8-20-13(15(24-8)9-3-2-4-11(18)5-9)17(23)21-7-10-6-12(10)14(21)16(19)22/h2-5,10,12,14H,6-7H2,1H3,(H2,19,22)/t10-,12-,14-/m0/s1. The summed E-state index contributed by atoms with van der Waals surface area (Å²) in [6.07, 6.45) is 0.981. The molecule has 1 saturated heterocycles. The Morgan fingerprint density at radius 2 is 2.21 bits per heavy atom. The van der Waals surface area contributed by atoms with Gasteiger partial charge < -0.3 is 10.6 Å². The fraction of sp³-hybridized carbons (Fsp3) is 0.353. The number of aromatic nitrogens is 1. The molecule has 2 heterocycles. The van der Waals surface area contributed by atoms with Crippen molar-refractivity contribution in [1.29, 1.82) is 0 Å². The lowest BCUT2D eigenvalue weighted by molar-refractivity contribution is -0.122. The monoisotopic (exact) mass is 361 g/mol. The van der Waals surface area contributed by atoms with E-state index in [4.69, 9.17) is 17.3 Å². The average Bonchev–Trinajstić information content (AvgIpc) is 3.01. The molecule has 7 heteroatoms. The van der Waals surface area contributed by atoms with Gasteiger partial charge in [0.05, 0.1) is 9.88 Å². The lowest BCUT2D eigenvalue weighted by Gasteiger charge is -2.24. The van der Waals surface area contributed by atoms with Crippen molar-refractivity contribution in [3.63, 3.8) is 0 Å². The number of primary amides is 1. The van der Waals surface area contributed by atoms with Gasteiger partial charge in [0.2, 0.25) is 5.91 Å². The summed E-state index contributed by atoms with van der Waals surface area (Å²) in [6.45, 7) is 2.45. The van der Waals surface area contributed by atoms with Crippen molar-refractivity contribution in [2.75, 3.05) is 6.54 Å². The molecule has 4 rings (SSSR count). The molecule has 2 fully saturated rings. The Hall–Kier alpha value is -1.92. The maximum atomic E-state index is 13.0. The molecular weight excluding hydrogens is 346 g/mol. The van der Waals surface area contributed by atoms with Crippen LogP contribution in [-0.2, 0) is 4.79 Å². The number of carbonyl (C=O) groups excluding carboxylic acids is 2. The van der Waals surface area contributed by atoms with E-state index in [9.17, 15) is 9.59 Å². The van der Waals surface area contributed by atoms with Crippen LogP contribution in [0.1, 0.15) is 21.9 Å². The highest BCUT2D eigenvalue weighted by atomic mass is 35.5. The molecule has 3 atom stereocenters. The molecular formula is C17H16ClN3O2S. The molecule has 5 nitrogen and oxygen atoms in total. The van der Waals surface area contributed by atoms with Gasteiger partial charge in [0.1, 0.15) is 11.7 Å². The molecule has 1 aliphatic carbocycles. The van der Waals surface area contributed by atoms with E-state index >= 15 is 0 Å². The normalized spacial score (nSPS) is 24.8. The maximum Gasteiger partial charge on any atom is 0.274 e. The van der Waals surface area contributed by atoms with Crippen molar-refractivity contribution in [3.05, 3.63) is 40.0 Å². The highest BCUT2D eigenvalue weighted by Gasteiger charge is 2.56. The van der Waals surface area contributed by atoms with E-state index in [2.05, 4.69) is 4.98 Å². The first-order valence-electron chi connectivity index (χ1n) is 7.79. The van der Waals surface area contributed by atoms with Crippen LogP contribution in [0.2, 0.25) is 5.02 Å². The van der Waals surface area contributed by atoms with Crippen LogP contribution < -0.4 is 5.73 Å². The van der Waals surface area contributed by atoms with Crippen molar-refractivity contribution in [1.82, 2.24) is 9.88 Å². The highest BCUT2D eigenvalue weighted by Crippen LogP contribution is 2.50. The van der Waals surface area contributed by atoms with Gasteiger partial charge in [0.25, 0.3) is 5.91 Å². The SMILES string of the molecule is Cc1nc(C(=O)N2C[C@@H]3C[C@@H]3[C@H]2C(N)=O)c(-c2cccc(Cl)c2)s1. The number of likely N-dealkylation sites (tertiary alicyclic amines) is 1. The van der Waals surface area contributed by atoms with Gasteiger partial charge in [0, 0.05) is 11.6 Å². The van der Waals surface area contributed by atoms with E-state index in [0.717, 1.165) is 21.9 Å². The summed E-state index contributed by atoms with van der Waals surface area (Å²) in [6, 6.07) is 6.85. The first-order valence-corrected chi connectivity index (χ1v) is 8.99. The van der Waals surface area contributed by atoms with E-state index < -0.39 is 11.9 Å². The summed E-state index contributed by atoms with van der Waals surface area (Å²) in [5, 5.41) is 1.41. The molecule has 0 unspecified atom stereocenters. The molecule has 2 aromatic rings. The highest BCUT2D eigenvalue weighted by molar-refractivity contribution is 7.15. The van der Waals surface area contributed by atoms with Crippen LogP contribution in [0, 0.1) is 18.8 Å². The smallest absolute Gasteiger partial charge is 0.274 e. The zero-order valence-electron chi connectivity index (χ0n) is 13.0. The van der Waals surface area contributed by atoms with Gasteiger partial charge in [-0.3, -0.25) is 9.59 Å². The Labute approximate surface area is 148 Å². The molecule has 0 radical (unpaired) electrons. The van der Waals surface area contributed by atoms with Crippen LogP contribution in [0.4, 0.5) is 0 Å². The van der Waals surface area contributed by atoms with Crippen molar-refractivity contribution in [2.45, 2.75) is 19.4 Å². The Kier molecular flexibility index (Phi) is 3.62. The number of hydrogen-bond donors (Lipinski definition) is 1. The van der Waals surface area contributed by atoms with E-state index in [-0.39, 0.29) is 11.8 Å². The molecule has 2 N–H and O–H groups in total. The number of fused-ring (bicyclic) bond motifs is 1. The van der Waals surface area contributed by atoms with E-state index in [1.807, 2.05) is 25.1 Å². The van der Waals surface area contributed by atoms with Crippen molar-refractivity contribution < 1.29 is 9.59 Å². The number of thiazole rings is 1. The Bertz CT molecular complexity index is 850. The largest absolute Gasteiger partial charge is 0.368 e. The number of piperidine rings is 1. The Morgan fingerprint density at radius 3 is 2.92 bits per heavy atom. The molecule has 124 valence electrons. The number of carbonyl (C=O) groups is 2. The maximum absolute atomic E-state index is 13.0. The summed E-state index contributed by atoms with van der Waals surface area (Å²) in [4.78, 5) is 31.6. The second-order valence-electron chi connectivity index (χ2n) is 6.39. The summed E-state index contributed by atoms with van der Waals surface area (Å²) in [7, 11) is 0. The zero-order chi connectivity index (χ0) is 17.0. The number of hydrogen-bond acceptors (Lipinski definition) is 4. The van der Waals surface area contributed by atoms with Crippen LogP contribution in [0.5, 0.6) is 0 Å². The molecule has 1 aromatic heterocycles. The molecule has 2 amide bonds. The van der Waals surface area contributed by atoms with Gasteiger partial charge in [-0.2, -0.15) is 0 Å². The number of nitrogens with two attached hydrogens (primary N) is 1. The van der Waals surface area contributed by atoms with Crippen molar-refractivity contribution in [3.8, 4) is 10.4 Å². The molecule has 2 aliphatic rings. The number of aryl methyl sites for hydroxylation is 1. The van der Waals surface area contributed by atoms with Gasteiger partial charge in [-0.05, 0) is 42.9 Å². The molecule has 1 saturated carbocycles. The van der Waals surface area contributed by atoms with E-state index in [1.165, 1.54) is 11.3 Å². The van der Waals surface area contributed by atoms with E-state index in [0.29, 0.717) is 23.2 Å². The lowest BCUT2D eigenvalue weighted by atomic mass is 10.1.